The first-order valence-electron chi connectivity index (χ1n) is 18.7. The van der Waals surface area contributed by atoms with Crippen LogP contribution in [0.3, 0.4) is 0 Å². The number of carbonyl (C=O) groups excluding carboxylic acids is 4. The maximum absolute atomic E-state index is 11.7. The maximum Gasteiger partial charge on any atom is 0.307 e. The minimum Gasteiger partial charge on any atom is -0.466 e. The summed E-state index contributed by atoms with van der Waals surface area (Å²) in [7, 11) is 4.07. The van der Waals surface area contributed by atoms with Crippen LogP contribution in [-0.2, 0) is 38.1 Å². The largest absolute Gasteiger partial charge is 0.466 e. The van der Waals surface area contributed by atoms with Crippen molar-refractivity contribution in [1.82, 2.24) is 19.6 Å². The smallest absolute Gasteiger partial charge is 0.307 e. The van der Waals surface area contributed by atoms with E-state index < -0.39 is 0 Å². The van der Waals surface area contributed by atoms with Gasteiger partial charge in [-0.1, -0.05) is 27.7 Å². The summed E-state index contributed by atoms with van der Waals surface area (Å²) in [5, 5.41) is 18.1. The van der Waals surface area contributed by atoms with Gasteiger partial charge >= 0.3 is 23.9 Å². The lowest BCUT2D eigenvalue weighted by molar-refractivity contribution is -0.146. The van der Waals surface area contributed by atoms with Gasteiger partial charge in [0.2, 0.25) is 0 Å². The SMILES string of the molecule is CCCOC(=O)CCN(CCCN(C)C)CCC(=O)OCCC.CCCOC(=O)CCN(CCCN(CCO)CCO)CCC(=O)OCCC. The molecule has 0 amide bonds. The number of hydrogen-bond acceptors (Lipinski definition) is 14. The molecular formula is C36H72N4O10. The minimum absolute atomic E-state index is 0.0518. The summed E-state index contributed by atoms with van der Waals surface area (Å²) in [6.45, 7) is 16.4. The Labute approximate surface area is 302 Å². The van der Waals surface area contributed by atoms with Crippen molar-refractivity contribution in [2.75, 3.05) is 119 Å². The zero-order chi connectivity index (χ0) is 37.8. The molecule has 0 spiro atoms. The van der Waals surface area contributed by atoms with Crippen LogP contribution in [0.25, 0.3) is 0 Å². The van der Waals surface area contributed by atoms with Crippen molar-refractivity contribution < 1.29 is 48.3 Å². The average Bonchev–Trinajstić information content (AvgIpc) is 3.09. The molecule has 2 N–H and O–H groups in total. The van der Waals surface area contributed by atoms with Crippen LogP contribution in [0.5, 0.6) is 0 Å². The average molecular weight is 721 g/mol. The van der Waals surface area contributed by atoms with Crippen LogP contribution in [0.2, 0.25) is 0 Å². The van der Waals surface area contributed by atoms with Gasteiger partial charge in [-0.3, -0.25) is 24.1 Å². The van der Waals surface area contributed by atoms with Crippen LogP contribution >= 0.6 is 0 Å². The summed E-state index contributed by atoms with van der Waals surface area (Å²) in [4.78, 5) is 55.0. The Hall–Kier alpha value is -2.36. The number of nitrogens with zero attached hydrogens (tertiary/aromatic N) is 4. The van der Waals surface area contributed by atoms with Crippen molar-refractivity contribution in [2.24, 2.45) is 0 Å². The van der Waals surface area contributed by atoms with Gasteiger partial charge in [0.1, 0.15) is 0 Å². The van der Waals surface area contributed by atoms with Gasteiger partial charge in [-0.2, -0.15) is 0 Å². The monoisotopic (exact) mass is 721 g/mol. The quantitative estimate of drug-likeness (QED) is 0.0772. The Balaban J connectivity index is 0. The lowest BCUT2D eigenvalue weighted by Crippen LogP contribution is -2.35. The van der Waals surface area contributed by atoms with E-state index in [1.54, 1.807) is 0 Å². The number of aliphatic hydroxyl groups is 2. The molecule has 0 fully saturated rings. The standard InChI is InChI=1S/C19H38N2O6.C17H34N2O4/c1-3-16-26-18(24)6-10-20(11-7-19(25)27-17-4-2)8-5-9-21(12-14-22)13-15-23;1-5-14-22-16(20)8-12-19(11-7-10-18(3)4)13-9-17(21)23-15-6-2/h22-23H,3-17H2,1-2H3;5-15H2,1-4H3. The fraction of sp³-hybridized carbons (Fsp3) is 0.889. The highest BCUT2D eigenvalue weighted by molar-refractivity contribution is 5.71. The molecule has 0 aliphatic heterocycles. The van der Waals surface area contributed by atoms with E-state index in [1.807, 2.05) is 46.7 Å². The summed E-state index contributed by atoms with van der Waals surface area (Å²) < 4.78 is 20.4. The highest BCUT2D eigenvalue weighted by Gasteiger charge is 2.14. The van der Waals surface area contributed by atoms with E-state index in [-0.39, 0.29) is 37.1 Å². The first kappa shape index (κ1) is 49.8. The van der Waals surface area contributed by atoms with Crippen molar-refractivity contribution in [2.45, 2.75) is 91.9 Å². The second-order valence-corrected chi connectivity index (χ2v) is 12.4. The van der Waals surface area contributed by atoms with Gasteiger partial charge in [0, 0.05) is 39.3 Å². The molecule has 0 aliphatic rings. The summed E-state index contributed by atoms with van der Waals surface area (Å²) in [6, 6.07) is 0. The van der Waals surface area contributed by atoms with E-state index in [4.69, 9.17) is 29.2 Å². The van der Waals surface area contributed by atoms with Gasteiger partial charge in [0.15, 0.2) is 0 Å². The normalized spacial score (nSPS) is 11.1. The highest BCUT2D eigenvalue weighted by atomic mass is 16.5. The van der Waals surface area contributed by atoms with Gasteiger partial charge in [-0.15, -0.1) is 0 Å². The van der Waals surface area contributed by atoms with Crippen molar-refractivity contribution in [3.8, 4) is 0 Å². The number of aliphatic hydroxyl groups excluding tert-OH is 2. The van der Waals surface area contributed by atoms with E-state index in [0.29, 0.717) is 91.4 Å². The predicted molar refractivity (Wildman–Crippen MR) is 195 cm³/mol. The van der Waals surface area contributed by atoms with Crippen LogP contribution < -0.4 is 0 Å². The second-order valence-electron chi connectivity index (χ2n) is 12.4. The molecular weight excluding hydrogens is 648 g/mol. The molecule has 0 unspecified atom stereocenters. The molecule has 0 radical (unpaired) electrons. The van der Waals surface area contributed by atoms with Crippen LogP contribution in [0.15, 0.2) is 0 Å². The molecule has 0 atom stereocenters. The summed E-state index contributed by atoms with van der Waals surface area (Å²) >= 11 is 0. The lowest BCUT2D eigenvalue weighted by atomic mass is 10.2. The van der Waals surface area contributed by atoms with Crippen LogP contribution in [0.4, 0.5) is 0 Å². The Morgan fingerprint density at radius 3 is 0.920 bits per heavy atom. The summed E-state index contributed by atoms with van der Waals surface area (Å²) in [6.07, 6.45) is 6.40. The molecule has 0 heterocycles. The van der Waals surface area contributed by atoms with Gasteiger partial charge < -0.3 is 43.9 Å². The van der Waals surface area contributed by atoms with E-state index in [1.165, 1.54) is 0 Å². The third kappa shape index (κ3) is 34.1. The Morgan fingerprint density at radius 2 is 0.680 bits per heavy atom. The number of hydrogen-bond donors (Lipinski definition) is 2. The fourth-order valence-electron chi connectivity index (χ4n) is 4.57. The molecule has 50 heavy (non-hydrogen) atoms. The van der Waals surface area contributed by atoms with E-state index >= 15 is 0 Å². The van der Waals surface area contributed by atoms with Crippen LogP contribution in [-0.4, -0.2) is 173 Å². The molecule has 0 rings (SSSR count). The Morgan fingerprint density at radius 1 is 0.420 bits per heavy atom. The first-order valence-corrected chi connectivity index (χ1v) is 18.7. The molecule has 0 bridgehead atoms. The number of ether oxygens (including phenoxy) is 4. The van der Waals surface area contributed by atoms with Gasteiger partial charge in [-0.25, -0.2) is 0 Å². The van der Waals surface area contributed by atoms with Gasteiger partial charge in [-0.05, 0) is 78.8 Å². The Bertz CT molecular complexity index is 781. The fourth-order valence-corrected chi connectivity index (χ4v) is 4.57. The molecule has 0 aliphatic carbocycles. The third-order valence-electron chi connectivity index (χ3n) is 7.26. The molecule has 0 aromatic carbocycles. The predicted octanol–water partition coefficient (Wildman–Crippen LogP) is 2.58. The summed E-state index contributed by atoms with van der Waals surface area (Å²) in [5.41, 5.74) is 0. The number of esters is 4. The van der Waals surface area contributed by atoms with Crippen molar-refractivity contribution in [3.05, 3.63) is 0 Å². The molecule has 0 aromatic rings. The van der Waals surface area contributed by atoms with E-state index in [9.17, 15) is 19.2 Å². The van der Waals surface area contributed by atoms with Crippen LogP contribution in [0.1, 0.15) is 91.9 Å². The number of carbonyl (C=O) groups is 4. The number of rotatable bonds is 32. The molecule has 0 aromatic heterocycles. The molecule has 0 saturated heterocycles. The van der Waals surface area contributed by atoms with Gasteiger partial charge in [0.05, 0.1) is 65.3 Å². The maximum atomic E-state index is 11.7. The molecule has 0 saturated carbocycles. The minimum atomic E-state index is -0.224. The first-order chi connectivity index (χ1) is 24.1. The molecule has 296 valence electrons. The summed E-state index contributed by atoms with van der Waals surface area (Å²) in [5.74, 6) is -0.786. The third-order valence-corrected chi connectivity index (χ3v) is 7.26. The van der Waals surface area contributed by atoms with E-state index in [0.717, 1.165) is 64.7 Å². The van der Waals surface area contributed by atoms with Crippen LogP contribution in [0, 0.1) is 0 Å². The molecule has 14 heteroatoms. The second kappa shape index (κ2) is 36.4. The van der Waals surface area contributed by atoms with Crippen molar-refractivity contribution in [1.29, 1.82) is 0 Å². The lowest BCUT2D eigenvalue weighted by Gasteiger charge is -2.24. The zero-order valence-electron chi connectivity index (χ0n) is 32.3. The van der Waals surface area contributed by atoms with E-state index in [2.05, 4.69) is 14.7 Å². The zero-order valence-corrected chi connectivity index (χ0v) is 32.3. The Kier molecular flexibility index (Phi) is 36.2. The topological polar surface area (TPSA) is 159 Å². The van der Waals surface area contributed by atoms with Crippen molar-refractivity contribution >= 4 is 23.9 Å². The highest BCUT2D eigenvalue weighted by Crippen LogP contribution is 2.03. The van der Waals surface area contributed by atoms with Crippen molar-refractivity contribution in [3.63, 3.8) is 0 Å². The van der Waals surface area contributed by atoms with Gasteiger partial charge in [0.25, 0.3) is 0 Å². The molecule has 14 nitrogen and oxygen atoms in total.